The van der Waals surface area contributed by atoms with Gasteiger partial charge in [0.15, 0.2) is 11.4 Å². The molecule has 0 aromatic carbocycles. The normalized spacial score (nSPS) is 23.7. The topological polar surface area (TPSA) is 120 Å². The summed E-state index contributed by atoms with van der Waals surface area (Å²) in [6.45, 7) is 5.30. The molecule has 2 aliphatic rings. The summed E-state index contributed by atoms with van der Waals surface area (Å²) in [6.07, 6.45) is 7.45. The Hall–Kier alpha value is -2.97. The predicted molar refractivity (Wildman–Crippen MR) is 123 cm³/mol. The van der Waals surface area contributed by atoms with Crippen LogP contribution in [0.2, 0.25) is 0 Å². The van der Waals surface area contributed by atoms with Gasteiger partial charge in [-0.2, -0.15) is 0 Å². The van der Waals surface area contributed by atoms with Gasteiger partial charge in [0.1, 0.15) is 11.1 Å². The first-order valence-electron chi connectivity index (χ1n) is 11.2. The van der Waals surface area contributed by atoms with Crippen LogP contribution in [0.15, 0.2) is 35.1 Å². The van der Waals surface area contributed by atoms with Crippen molar-refractivity contribution in [2.75, 3.05) is 36.9 Å². The summed E-state index contributed by atoms with van der Waals surface area (Å²) in [5.41, 5.74) is 16.7. The van der Waals surface area contributed by atoms with Crippen LogP contribution in [-0.2, 0) is 11.2 Å². The Labute approximate surface area is 186 Å². The Morgan fingerprint density at radius 3 is 2.97 bits per heavy atom. The van der Waals surface area contributed by atoms with Crippen molar-refractivity contribution < 1.29 is 13.9 Å². The lowest BCUT2D eigenvalue weighted by Crippen LogP contribution is -2.46. The molecule has 3 aromatic heterocycles. The monoisotopic (exact) mass is 435 g/mol. The lowest BCUT2D eigenvalue weighted by Gasteiger charge is -2.37. The highest BCUT2D eigenvalue weighted by atomic mass is 16.5. The van der Waals surface area contributed by atoms with Crippen LogP contribution in [0, 0.1) is 5.92 Å². The van der Waals surface area contributed by atoms with Crippen LogP contribution in [-0.4, -0.2) is 48.1 Å². The van der Waals surface area contributed by atoms with Gasteiger partial charge in [-0.1, -0.05) is 6.92 Å². The first-order chi connectivity index (χ1) is 15.5. The van der Waals surface area contributed by atoms with E-state index in [0.29, 0.717) is 35.1 Å². The van der Waals surface area contributed by atoms with Gasteiger partial charge in [0.05, 0.1) is 6.61 Å². The van der Waals surface area contributed by atoms with Crippen molar-refractivity contribution in [1.29, 1.82) is 0 Å². The molecule has 2 fully saturated rings. The number of furan rings is 1. The quantitative estimate of drug-likeness (QED) is 0.587. The van der Waals surface area contributed by atoms with Crippen molar-refractivity contribution in [2.24, 2.45) is 11.7 Å². The van der Waals surface area contributed by atoms with Crippen molar-refractivity contribution in [3.8, 4) is 0 Å². The minimum Gasteiger partial charge on any atom is -0.438 e. The number of fused-ring (bicyclic) bond motifs is 1. The van der Waals surface area contributed by atoms with E-state index >= 15 is 0 Å². The number of Topliss-reactive ketones (excluding diaryl/α,β-unsaturated/α-hetero) is 1. The van der Waals surface area contributed by atoms with Crippen LogP contribution < -0.4 is 16.4 Å². The molecular weight excluding hydrogens is 406 g/mol. The van der Waals surface area contributed by atoms with Crippen LogP contribution >= 0.6 is 0 Å². The number of hydrogen-bond acceptors (Lipinski definition) is 8. The fourth-order valence-electron chi connectivity index (χ4n) is 5.02. The number of ether oxygens (including phenoxy) is 1. The number of anilines is 2. The van der Waals surface area contributed by atoms with Crippen molar-refractivity contribution in [3.63, 3.8) is 0 Å². The average molecular weight is 436 g/mol. The van der Waals surface area contributed by atoms with E-state index in [4.69, 9.17) is 20.6 Å². The summed E-state index contributed by atoms with van der Waals surface area (Å²) in [6, 6.07) is 4.01. The number of carbonyl (C=O) groups excluding carboxylic acids is 1. The van der Waals surface area contributed by atoms with Gasteiger partial charge in [-0.15, -0.1) is 0 Å². The highest BCUT2D eigenvalue weighted by Crippen LogP contribution is 2.33. The van der Waals surface area contributed by atoms with E-state index in [1.165, 1.54) is 0 Å². The zero-order valence-electron chi connectivity index (χ0n) is 18.3. The standard InChI is InChI=1S/C24H29N5O3/c1-14-6-18(25)12-29(11-14)19-2-4-27-9-17(19)7-20(30)22-23-21(32-24(22)26)8-16(10-28-23)15-3-5-31-13-15/h2,4,8-10,14-15,18H,3,5-7,11-13,25-26H2,1H3/t14-,15?,18+/m1/s1. The largest absolute Gasteiger partial charge is 0.438 e. The smallest absolute Gasteiger partial charge is 0.204 e. The number of nitrogen functional groups attached to an aromatic ring is 1. The molecule has 2 aliphatic heterocycles. The fraction of sp³-hybridized carbons (Fsp3) is 0.458. The second-order valence-electron chi connectivity index (χ2n) is 9.13. The van der Waals surface area contributed by atoms with Gasteiger partial charge in [-0.05, 0) is 36.5 Å². The average Bonchev–Trinajstić information content (AvgIpc) is 3.40. The van der Waals surface area contributed by atoms with E-state index in [0.717, 1.165) is 49.4 Å². The maximum Gasteiger partial charge on any atom is 0.204 e. The summed E-state index contributed by atoms with van der Waals surface area (Å²) < 4.78 is 11.2. The molecular formula is C24H29N5O3. The molecule has 0 saturated carbocycles. The van der Waals surface area contributed by atoms with Gasteiger partial charge in [0, 0.05) is 67.9 Å². The van der Waals surface area contributed by atoms with E-state index in [9.17, 15) is 4.79 Å². The SMILES string of the molecule is C[C@@H]1C[C@H](N)CN(c2ccncc2CC(=O)c2c(N)oc3cc(C4CCOC4)cnc23)C1. The van der Waals surface area contributed by atoms with Crippen LogP contribution in [0.3, 0.4) is 0 Å². The molecule has 4 N–H and O–H groups in total. The van der Waals surface area contributed by atoms with Crippen molar-refractivity contribution in [3.05, 3.63) is 47.4 Å². The van der Waals surface area contributed by atoms with Gasteiger partial charge in [0.25, 0.3) is 0 Å². The molecule has 2 saturated heterocycles. The molecule has 3 aromatic rings. The summed E-state index contributed by atoms with van der Waals surface area (Å²) in [4.78, 5) is 24.4. The molecule has 32 heavy (non-hydrogen) atoms. The Morgan fingerprint density at radius 2 is 2.19 bits per heavy atom. The molecule has 8 heteroatoms. The number of rotatable bonds is 5. The maximum atomic E-state index is 13.3. The number of carbonyl (C=O) groups is 1. The van der Waals surface area contributed by atoms with Gasteiger partial charge in [-0.3, -0.25) is 14.8 Å². The molecule has 1 unspecified atom stereocenters. The fourth-order valence-corrected chi connectivity index (χ4v) is 5.02. The van der Waals surface area contributed by atoms with Crippen molar-refractivity contribution in [2.45, 2.75) is 38.1 Å². The molecule has 5 rings (SSSR count). The maximum absolute atomic E-state index is 13.3. The first kappa shape index (κ1) is 20.9. The van der Waals surface area contributed by atoms with Crippen molar-refractivity contribution in [1.82, 2.24) is 9.97 Å². The third-order valence-corrected chi connectivity index (χ3v) is 6.52. The van der Waals surface area contributed by atoms with E-state index in [-0.39, 0.29) is 24.1 Å². The van der Waals surface area contributed by atoms with E-state index in [2.05, 4.69) is 21.8 Å². The summed E-state index contributed by atoms with van der Waals surface area (Å²) in [5, 5.41) is 0. The zero-order valence-corrected chi connectivity index (χ0v) is 18.3. The van der Waals surface area contributed by atoms with Crippen LogP contribution in [0.25, 0.3) is 11.1 Å². The predicted octanol–water partition coefficient (Wildman–Crippen LogP) is 2.91. The Kier molecular flexibility index (Phi) is 5.57. The van der Waals surface area contributed by atoms with Crippen LogP contribution in [0.5, 0.6) is 0 Å². The Morgan fingerprint density at radius 1 is 1.31 bits per heavy atom. The number of hydrogen-bond donors (Lipinski definition) is 2. The second-order valence-corrected chi connectivity index (χ2v) is 9.13. The first-order valence-corrected chi connectivity index (χ1v) is 11.2. The molecule has 0 spiro atoms. The van der Waals surface area contributed by atoms with Gasteiger partial charge in [-0.25, -0.2) is 0 Å². The van der Waals surface area contributed by atoms with Gasteiger partial charge >= 0.3 is 0 Å². The summed E-state index contributed by atoms with van der Waals surface area (Å²) in [7, 11) is 0. The lowest BCUT2D eigenvalue weighted by molar-refractivity contribution is 0.0994. The number of nitrogens with zero attached hydrogens (tertiary/aromatic N) is 3. The summed E-state index contributed by atoms with van der Waals surface area (Å²) >= 11 is 0. The van der Waals surface area contributed by atoms with Gasteiger partial charge in [0.2, 0.25) is 5.88 Å². The van der Waals surface area contributed by atoms with E-state index in [1.54, 1.807) is 18.6 Å². The third-order valence-electron chi connectivity index (χ3n) is 6.52. The molecule has 0 radical (unpaired) electrons. The molecule has 8 nitrogen and oxygen atoms in total. The number of pyridine rings is 2. The van der Waals surface area contributed by atoms with Crippen LogP contribution in [0.1, 0.15) is 47.2 Å². The Bertz CT molecular complexity index is 1130. The molecule has 0 bridgehead atoms. The highest BCUT2D eigenvalue weighted by molar-refractivity contribution is 6.10. The van der Waals surface area contributed by atoms with Gasteiger partial charge < -0.3 is 25.5 Å². The summed E-state index contributed by atoms with van der Waals surface area (Å²) in [5.74, 6) is 0.770. The number of nitrogens with two attached hydrogens (primary N) is 2. The lowest BCUT2D eigenvalue weighted by atomic mass is 9.95. The minimum absolute atomic E-state index is 0.108. The molecule has 3 atom stereocenters. The minimum atomic E-state index is -0.130. The third kappa shape index (κ3) is 3.96. The second kappa shape index (κ2) is 8.52. The number of ketones is 1. The number of aromatic nitrogens is 2. The molecule has 168 valence electrons. The van der Waals surface area contributed by atoms with E-state index in [1.807, 2.05) is 12.1 Å². The molecule has 0 aliphatic carbocycles. The molecule has 0 amide bonds. The molecule has 5 heterocycles. The zero-order chi connectivity index (χ0) is 22.2. The number of piperidine rings is 1. The van der Waals surface area contributed by atoms with Crippen molar-refractivity contribution >= 4 is 28.5 Å². The van der Waals surface area contributed by atoms with Crippen LogP contribution in [0.4, 0.5) is 11.6 Å². The Balaban J connectivity index is 1.43. The van der Waals surface area contributed by atoms with E-state index < -0.39 is 0 Å². The highest BCUT2D eigenvalue weighted by Gasteiger charge is 2.27.